The number of ether oxygens (including phenoxy) is 3. The Kier molecular flexibility index (Phi) is 6.48. The topological polar surface area (TPSA) is 70.8 Å². The van der Waals surface area contributed by atoms with Crippen LogP contribution in [-0.4, -0.2) is 38.5 Å². The number of methoxy groups -OCH3 is 1. The quantitative estimate of drug-likeness (QED) is 0.418. The minimum absolute atomic E-state index is 0.0232. The highest BCUT2D eigenvalue weighted by Crippen LogP contribution is 2.31. The molecule has 0 atom stereocenters. The zero-order chi connectivity index (χ0) is 14.3. The van der Waals surface area contributed by atoms with Crippen molar-refractivity contribution >= 4 is 17.3 Å². The van der Waals surface area contributed by atoms with Crippen LogP contribution in [0.3, 0.4) is 0 Å². The summed E-state index contributed by atoms with van der Waals surface area (Å²) in [4.78, 5) is 9.63. The Morgan fingerprint density at radius 1 is 1.32 bits per heavy atom. The molecule has 0 spiro atoms. The maximum absolute atomic E-state index is 13.3. The molecule has 0 N–H and O–H groups in total. The van der Waals surface area contributed by atoms with Crippen LogP contribution < -0.4 is 4.74 Å². The highest BCUT2D eigenvalue weighted by atomic mass is 35.5. The predicted molar refractivity (Wildman–Crippen MR) is 66.3 cm³/mol. The highest BCUT2D eigenvalue weighted by molar-refractivity contribution is 6.32. The molecule has 6 nitrogen and oxygen atoms in total. The van der Waals surface area contributed by atoms with Gasteiger partial charge in [0.1, 0.15) is 12.4 Å². The van der Waals surface area contributed by atoms with Gasteiger partial charge in [0.05, 0.1) is 29.8 Å². The molecule has 0 heterocycles. The molecule has 0 saturated heterocycles. The molecule has 19 heavy (non-hydrogen) atoms. The fraction of sp³-hybridized carbons (Fsp3) is 0.455. The number of halogens is 2. The SMILES string of the molecule is COCCOCCOc1cc(F)c([N+](=O)[O-])cc1Cl. The summed E-state index contributed by atoms with van der Waals surface area (Å²) >= 11 is 5.75. The summed E-state index contributed by atoms with van der Waals surface area (Å²) in [6.07, 6.45) is 0. The Morgan fingerprint density at radius 2 is 2.00 bits per heavy atom. The standard InChI is InChI=1S/C11H13ClFNO5/c1-17-2-3-18-4-5-19-11-7-9(13)10(14(15)16)6-8(11)12/h6-7H,2-5H2,1H3. The zero-order valence-electron chi connectivity index (χ0n) is 10.2. The number of rotatable bonds is 8. The molecule has 8 heteroatoms. The van der Waals surface area contributed by atoms with Gasteiger partial charge >= 0.3 is 5.69 Å². The molecule has 0 saturated carbocycles. The van der Waals surface area contributed by atoms with Crippen LogP contribution in [0, 0.1) is 15.9 Å². The Labute approximate surface area is 114 Å². The summed E-state index contributed by atoms with van der Waals surface area (Å²) in [6.45, 7) is 1.31. The molecule has 0 radical (unpaired) electrons. The van der Waals surface area contributed by atoms with Gasteiger partial charge in [-0.3, -0.25) is 10.1 Å². The van der Waals surface area contributed by atoms with E-state index in [9.17, 15) is 14.5 Å². The lowest BCUT2D eigenvalue weighted by Crippen LogP contribution is -2.10. The lowest BCUT2D eigenvalue weighted by molar-refractivity contribution is -0.387. The predicted octanol–water partition coefficient (Wildman–Crippen LogP) is 2.43. The van der Waals surface area contributed by atoms with Gasteiger partial charge in [0.15, 0.2) is 0 Å². The van der Waals surface area contributed by atoms with E-state index in [1.807, 2.05) is 0 Å². The Bertz CT molecular complexity index is 443. The average molecular weight is 294 g/mol. The first-order valence-electron chi connectivity index (χ1n) is 5.39. The van der Waals surface area contributed by atoms with Crippen LogP contribution in [0.5, 0.6) is 5.75 Å². The monoisotopic (exact) mass is 293 g/mol. The molecule has 106 valence electrons. The largest absolute Gasteiger partial charge is 0.490 e. The van der Waals surface area contributed by atoms with E-state index in [2.05, 4.69) is 0 Å². The van der Waals surface area contributed by atoms with E-state index < -0.39 is 16.4 Å². The third kappa shape index (κ3) is 4.98. The molecule has 0 aliphatic carbocycles. The second-order valence-electron chi connectivity index (χ2n) is 3.44. The van der Waals surface area contributed by atoms with Crippen molar-refractivity contribution < 1.29 is 23.5 Å². The molecule has 0 bridgehead atoms. The summed E-state index contributed by atoms with van der Waals surface area (Å²) in [5.74, 6) is -0.954. The van der Waals surface area contributed by atoms with Gasteiger partial charge in [0.25, 0.3) is 0 Å². The second-order valence-corrected chi connectivity index (χ2v) is 3.85. The number of nitro benzene ring substituents is 1. The van der Waals surface area contributed by atoms with Crippen molar-refractivity contribution in [2.75, 3.05) is 33.5 Å². The Morgan fingerprint density at radius 3 is 2.63 bits per heavy atom. The number of hydrogen-bond acceptors (Lipinski definition) is 5. The van der Waals surface area contributed by atoms with E-state index in [-0.39, 0.29) is 24.0 Å². The zero-order valence-corrected chi connectivity index (χ0v) is 11.0. The average Bonchev–Trinajstić information content (AvgIpc) is 2.36. The first kappa shape index (κ1) is 15.6. The maximum Gasteiger partial charge on any atom is 0.306 e. The van der Waals surface area contributed by atoms with Crippen molar-refractivity contribution in [1.82, 2.24) is 0 Å². The lowest BCUT2D eigenvalue weighted by atomic mass is 10.3. The molecule has 1 aromatic carbocycles. The van der Waals surface area contributed by atoms with E-state index >= 15 is 0 Å². The first-order chi connectivity index (χ1) is 9.06. The second kappa shape index (κ2) is 7.88. The van der Waals surface area contributed by atoms with E-state index in [1.165, 1.54) is 0 Å². The number of benzene rings is 1. The number of nitrogens with zero attached hydrogens (tertiary/aromatic N) is 1. The van der Waals surface area contributed by atoms with Gasteiger partial charge in [-0.1, -0.05) is 11.6 Å². The van der Waals surface area contributed by atoms with Gasteiger partial charge in [-0.15, -0.1) is 0 Å². The first-order valence-corrected chi connectivity index (χ1v) is 5.77. The number of nitro groups is 1. The van der Waals surface area contributed by atoms with Crippen molar-refractivity contribution in [3.05, 3.63) is 33.1 Å². The van der Waals surface area contributed by atoms with Crippen LogP contribution in [-0.2, 0) is 9.47 Å². The summed E-state index contributed by atoms with van der Waals surface area (Å²) in [5, 5.41) is 10.5. The van der Waals surface area contributed by atoms with E-state index in [1.54, 1.807) is 7.11 Å². The van der Waals surface area contributed by atoms with Crippen LogP contribution >= 0.6 is 11.6 Å². The molecule has 1 rings (SSSR count). The van der Waals surface area contributed by atoms with Crippen LogP contribution in [0.2, 0.25) is 5.02 Å². The van der Waals surface area contributed by atoms with Gasteiger partial charge in [-0.25, -0.2) is 0 Å². The summed E-state index contributed by atoms with van der Waals surface area (Å²) in [5.41, 5.74) is -0.686. The van der Waals surface area contributed by atoms with Crippen molar-refractivity contribution in [2.24, 2.45) is 0 Å². The highest BCUT2D eigenvalue weighted by Gasteiger charge is 2.18. The molecule has 0 fully saturated rings. The van der Waals surface area contributed by atoms with Crippen LogP contribution in [0.4, 0.5) is 10.1 Å². The van der Waals surface area contributed by atoms with Crippen molar-refractivity contribution in [3.63, 3.8) is 0 Å². The van der Waals surface area contributed by atoms with Gasteiger partial charge in [-0.2, -0.15) is 4.39 Å². The minimum atomic E-state index is -0.996. The van der Waals surface area contributed by atoms with Crippen molar-refractivity contribution in [3.8, 4) is 5.75 Å². The Balaban J connectivity index is 2.50. The molecule has 1 aromatic rings. The normalized spacial score (nSPS) is 10.5. The molecule has 0 aliphatic heterocycles. The van der Waals surface area contributed by atoms with Gasteiger partial charge in [0, 0.05) is 19.2 Å². The third-order valence-corrected chi connectivity index (χ3v) is 2.41. The maximum atomic E-state index is 13.3. The van der Waals surface area contributed by atoms with Gasteiger partial charge < -0.3 is 14.2 Å². The minimum Gasteiger partial charge on any atom is -0.490 e. The molecule has 0 aliphatic rings. The fourth-order valence-electron chi connectivity index (χ4n) is 1.22. The fourth-order valence-corrected chi connectivity index (χ4v) is 1.44. The van der Waals surface area contributed by atoms with Crippen LogP contribution in [0.25, 0.3) is 0 Å². The summed E-state index contributed by atoms with van der Waals surface area (Å²) < 4.78 is 28.4. The molecule has 0 amide bonds. The molecule has 0 unspecified atom stereocenters. The van der Waals surface area contributed by atoms with Crippen LogP contribution in [0.15, 0.2) is 12.1 Å². The summed E-state index contributed by atoms with van der Waals surface area (Å²) in [6, 6.07) is 1.80. The van der Waals surface area contributed by atoms with E-state index in [0.29, 0.717) is 13.2 Å². The third-order valence-electron chi connectivity index (χ3n) is 2.12. The van der Waals surface area contributed by atoms with Gasteiger partial charge in [-0.05, 0) is 0 Å². The smallest absolute Gasteiger partial charge is 0.306 e. The lowest BCUT2D eigenvalue weighted by Gasteiger charge is -2.08. The molecular formula is C11H13ClFNO5. The Hall–Kier alpha value is -1.44. The van der Waals surface area contributed by atoms with Crippen LogP contribution in [0.1, 0.15) is 0 Å². The van der Waals surface area contributed by atoms with Crippen molar-refractivity contribution in [2.45, 2.75) is 0 Å². The van der Waals surface area contributed by atoms with E-state index in [0.717, 1.165) is 12.1 Å². The summed E-state index contributed by atoms with van der Waals surface area (Å²) in [7, 11) is 1.55. The van der Waals surface area contributed by atoms with E-state index in [4.69, 9.17) is 25.8 Å². The number of hydrogen-bond donors (Lipinski definition) is 0. The van der Waals surface area contributed by atoms with Crippen molar-refractivity contribution in [1.29, 1.82) is 0 Å². The molecule has 0 aromatic heterocycles. The van der Waals surface area contributed by atoms with Gasteiger partial charge in [0.2, 0.25) is 5.82 Å². The molecular weight excluding hydrogens is 281 g/mol.